The fourth-order valence-electron chi connectivity index (χ4n) is 2.43. The number of amides is 1. The third-order valence-electron chi connectivity index (χ3n) is 3.79. The van der Waals surface area contributed by atoms with E-state index in [9.17, 15) is 9.59 Å². The standard InChI is InChI=1S/C22H19NO4/c1-2-26-19-12-5-16(6-13-19)7-14-20(24)17-8-10-18(11-9-17)23-22(25)21-4-3-15-27-21/h3-15H,2H2,1H3,(H,23,25)/b14-7+. The summed E-state index contributed by atoms with van der Waals surface area (Å²) in [5.74, 6) is 0.573. The van der Waals surface area contributed by atoms with E-state index in [2.05, 4.69) is 5.32 Å². The maximum Gasteiger partial charge on any atom is 0.291 e. The van der Waals surface area contributed by atoms with Gasteiger partial charge < -0.3 is 14.5 Å². The number of furan rings is 1. The van der Waals surface area contributed by atoms with Crippen LogP contribution in [0.5, 0.6) is 5.75 Å². The summed E-state index contributed by atoms with van der Waals surface area (Å²) in [5.41, 5.74) is 2.03. The Balaban J connectivity index is 1.60. The van der Waals surface area contributed by atoms with Crippen molar-refractivity contribution in [2.45, 2.75) is 6.92 Å². The van der Waals surface area contributed by atoms with Gasteiger partial charge in [-0.2, -0.15) is 0 Å². The monoisotopic (exact) mass is 361 g/mol. The van der Waals surface area contributed by atoms with E-state index in [1.165, 1.54) is 12.3 Å². The van der Waals surface area contributed by atoms with Crippen molar-refractivity contribution in [1.29, 1.82) is 0 Å². The molecule has 0 aliphatic rings. The Bertz CT molecular complexity index is 923. The lowest BCUT2D eigenvalue weighted by atomic mass is 10.1. The van der Waals surface area contributed by atoms with Gasteiger partial charge in [-0.15, -0.1) is 0 Å². The highest BCUT2D eigenvalue weighted by atomic mass is 16.5. The number of hydrogen-bond acceptors (Lipinski definition) is 4. The molecule has 5 heteroatoms. The molecule has 5 nitrogen and oxygen atoms in total. The maximum atomic E-state index is 12.3. The molecule has 1 N–H and O–H groups in total. The summed E-state index contributed by atoms with van der Waals surface area (Å²) < 4.78 is 10.4. The van der Waals surface area contributed by atoms with Gasteiger partial charge in [-0.1, -0.05) is 18.2 Å². The Morgan fingerprint density at radius 3 is 2.41 bits per heavy atom. The van der Waals surface area contributed by atoms with Crippen molar-refractivity contribution in [3.05, 3.63) is 89.9 Å². The molecule has 136 valence electrons. The Labute approximate surface area is 157 Å². The summed E-state index contributed by atoms with van der Waals surface area (Å²) in [7, 11) is 0. The number of anilines is 1. The van der Waals surface area contributed by atoms with Crippen molar-refractivity contribution in [1.82, 2.24) is 0 Å². The number of carbonyl (C=O) groups excluding carboxylic acids is 2. The Morgan fingerprint density at radius 2 is 1.78 bits per heavy atom. The number of nitrogens with one attached hydrogen (secondary N) is 1. The summed E-state index contributed by atoms with van der Waals surface area (Å²) in [6.45, 7) is 2.55. The number of rotatable bonds is 7. The zero-order valence-corrected chi connectivity index (χ0v) is 14.8. The molecule has 3 aromatic rings. The number of carbonyl (C=O) groups is 2. The van der Waals surface area contributed by atoms with Crippen LogP contribution in [-0.4, -0.2) is 18.3 Å². The average Bonchev–Trinajstić information content (AvgIpc) is 3.23. The van der Waals surface area contributed by atoms with Gasteiger partial charge in [0.2, 0.25) is 0 Å². The molecule has 0 fully saturated rings. The molecular weight excluding hydrogens is 342 g/mol. The number of benzene rings is 2. The first-order valence-corrected chi connectivity index (χ1v) is 8.56. The van der Waals surface area contributed by atoms with E-state index in [0.29, 0.717) is 17.9 Å². The van der Waals surface area contributed by atoms with Gasteiger partial charge in [0, 0.05) is 11.3 Å². The topological polar surface area (TPSA) is 68.5 Å². The van der Waals surface area contributed by atoms with E-state index >= 15 is 0 Å². The largest absolute Gasteiger partial charge is 0.494 e. The molecule has 1 aromatic heterocycles. The number of allylic oxidation sites excluding steroid dienone is 1. The van der Waals surface area contributed by atoms with Crippen molar-refractivity contribution < 1.29 is 18.7 Å². The molecule has 0 saturated heterocycles. The molecule has 1 heterocycles. The lowest BCUT2D eigenvalue weighted by Gasteiger charge is -2.04. The molecule has 0 saturated carbocycles. The first kappa shape index (κ1) is 18.2. The predicted molar refractivity (Wildman–Crippen MR) is 104 cm³/mol. The van der Waals surface area contributed by atoms with Gasteiger partial charge in [-0.25, -0.2) is 0 Å². The summed E-state index contributed by atoms with van der Waals surface area (Å²) in [6, 6.07) is 17.4. The molecular formula is C22H19NO4. The summed E-state index contributed by atoms with van der Waals surface area (Å²) in [4.78, 5) is 24.2. The van der Waals surface area contributed by atoms with Gasteiger partial charge in [0.05, 0.1) is 12.9 Å². The molecule has 0 atom stereocenters. The van der Waals surface area contributed by atoms with Gasteiger partial charge in [-0.3, -0.25) is 9.59 Å². The second kappa shape index (κ2) is 8.67. The van der Waals surface area contributed by atoms with E-state index in [-0.39, 0.29) is 17.5 Å². The van der Waals surface area contributed by atoms with Crippen molar-refractivity contribution in [3.8, 4) is 5.75 Å². The van der Waals surface area contributed by atoms with Gasteiger partial charge in [0.15, 0.2) is 11.5 Å². The highest BCUT2D eigenvalue weighted by Crippen LogP contribution is 2.15. The van der Waals surface area contributed by atoms with Gasteiger partial charge in [0.25, 0.3) is 5.91 Å². The normalized spacial score (nSPS) is 10.7. The lowest BCUT2D eigenvalue weighted by Crippen LogP contribution is -2.10. The van der Waals surface area contributed by atoms with Crippen molar-refractivity contribution in [2.24, 2.45) is 0 Å². The van der Waals surface area contributed by atoms with Crippen LogP contribution < -0.4 is 10.1 Å². The molecule has 0 aliphatic carbocycles. The van der Waals surface area contributed by atoms with Crippen LogP contribution in [-0.2, 0) is 0 Å². The summed E-state index contributed by atoms with van der Waals surface area (Å²) >= 11 is 0. The Hall–Kier alpha value is -3.60. The summed E-state index contributed by atoms with van der Waals surface area (Å²) in [5, 5.41) is 2.71. The zero-order valence-electron chi connectivity index (χ0n) is 14.8. The second-order valence-corrected chi connectivity index (χ2v) is 5.71. The van der Waals surface area contributed by atoms with Gasteiger partial charge in [-0.05, 0) is 67.1 Å². The van der Waals surface area contributed by atoms with Crippen LogP contribution in [0.1, 0.15) is 33.4 Å². The number of ether oxygens (including phenoxy) is 1. The van der Waals surface area contributed by atoms with Crippen molar-refractivity contribution in [2.75, 3.05) is 11.9 Å². The molecule has 0 radical (unpaired) electrons. The van der Waals surface area contributed by atoms with E-state index < -0.39 is 0 Å². The SMILES string of the molecule is CCOc1ccc(/C=C/C(=O)c2ccc(NC(=O)c3ccco3)cc2)cc1. The third-order valence-corrected chi connectivity index (χ3v) is 3.79. The minimum absolute atomic E-state index is 0.118. The fourth-order valence-corrected chi connectivity index (χ4v) is 2.43. The van der Waals surface area contributed by atoms with Crippen LogP contribution in [0.25, 0.3) is 6.08 Å². The first-order valence-electron chi connectivity index (χ1n) is 8.56. The van der Waals surface area contributed by atoms with Crippen LogP contribution in [0, 0.1) is 0 Å². The minimum atomic E-state index is -0.338. The molecule has 2 aromatic carbocycles. The van der Waals surface area contributed by atoms with Crippen LogP contribution in [0.3, 0.4) is 0 Å². The Kier molecular flexibility index (Phi) is 5.84. The fraction of sp³-hybridized carbons (Fsp3) is 0.0909. The summed E-state index contributed by atoms with van der Waals surface area (Å²) in [6.07, 6.45) is 4.71. The zero-order chi connectivity index (χ0) is 19.1. The van der Waals surface area contributed by atoms with Crippen LogP contribution in [0.2, 0.25) is 0 Å². The van der Waals surface area contributed by atoms with Gasteiger partial charge in [0.1, 0.15) is 5.75 Å². The molecule has 3 rings (SSSR count). The molecule has 0 spiro atoms. The quantitative estimate of drug-likeness (QED) is 0.483. The van der Waals surface area contributed by atoms with Crippen LogP contribution >= 0.6 is 0 Å². The Morgan fingerprint density at radius 1 is 1.04 bits per heavy atom. The van der Waals surface area contributed by atoms with Crippen LogP contribution in [0.4, 0.5) is 5.69 Å². The predicted octanol–water partition coefficient (Wildman–Crippen LogP) is 4.83. The number of ketones is 1. The van der Waals surface area contributed by atoms with E-state index in [1.807, 2.05) is 31.2 Å². The molecule has 27 heavy (non-hydrogen) atoms. The number of hydrogen-bond donors (Lipinski definition) is 1. The maximum absolute atomic E-state index is 12.3. The van der Waals surface area contributed by atoms with E-state index in [0.717, 1.165) is 11.3 Å². The highest BCUT2D eigenvalue weighted by Gasteiger charge is 2.09. The minimum Gasteiger partial charge on any atom is -0.494 e. The average molecular weight is 361 g/mol. The van der Waals surface area contributed by atoms with E-state index in [4.69, 9.17) is 9.15 Å². The third kappa shape index (κ3) is 4.95. The first-order chi connectivity index (χ1) is 13.2. The van der Waals surface area contributed by atoms with Crippen molar-refractivity contribution >= 4 is 23.5 Å². The van der Waals surface area contributed by atoms with Crippen molar-refractivity contribution in [3.63, 3.8) is 0 Å². The molecule has 0 aliphatic heterocycles. The van der Waals surface area contributed by atoms with Gasteiger partial charge >= 0.3 is 0 Å². The lowest BCUT2D eigenvalue weighted by molar-refractivity contribution is 0.0996. The second-order valence-electron chi connectivity index (χ2n) is 5.71. The van der Waals surface area contributed by atoms with Crippen LogP contribution in [0.15, 0.2) is 77.4 Å². The molecule has 1 amide bonds. The molecule has 0 unspecified atom stereocenters. The highest BCUT2D eigenvalue weighted by molar-refractivity contribution is 6.07. The van der Waals surface area contributed by atoms with E-state index in [1.54, 1.807) is 42.5 Å². The molecule has 0 bridgehead atoms. The smallest absolute Gasteiger partial charge is 0.291 e.